The van der Waals surface area contributed by atoms with Gasteiger partial charge in [0.1, 0.15) is 5.82 Å². The Morgan fingerprint density at radius 1 is 0.615 bits per heavy atom. The lowest BCUT2D eigenvalue weighted by atomic mass is 9.97. The van der Waals surface area contributed by atoms with Crippen LogP contribution in [0.1, 0.15) is 18.9 Å². The second-order valence-electron chi connectivity index (χ2n) is 6.73. The van der Waals surface area contributed by atoms with Crippen LogP contribution >= 0.6 is 0 Å². The predicted octanol–water partition coefficient (Wildman–Crippen LogP) is 7.27. The van der Waals surface area contributed by atoms with Gasteiger partial charge in [-0.25, -0.2) is 4.39 Å². The van der Waals surface area contributed by atoms with E-state index in [-0.39, 0.29) is 5.82 Å². The van der Waals surface area contributed by atoms with E-state index in [1.807, 2.05) is 6.07 Å². The van der Waals surface area contributed by atoms with E-state index in [1.165, 1.54) is 39.9 Å². The van der Waals surface area contributed by atoms with Crippen LogP contribution in [-0.4, -0.2) is 0 Å². The largest absolute Gasteiger partial charge is 0.207 e. The summed E-state index contributed by atoms with van der Waals surface area (Å²) in [6.07, 6.45) is 2.29. The predicted molar refractivity (Wildman–Crippen MR) is 109 cm³/mol. The number of aryl methyl sites for hydroxylation is 1. The van der Waals surface area contributed by atoms with E-state index in [0.717, 1.165) is 17.5 Å². The lowest BCUT2D eigenvalue weighted by molar-refractivity contribution is 0.628. The molecule has 0 heterocycles. The number of hydrogen-bond donors (Lipinski definition) is 0. The molecule has 0 fully saturated rings. The van der Waals surface area contributed by atoms with Gasteiger partial charge in [-0.3, -0.25) is 0 Å². The minimum atomic E-state index is -0.205. The smallest absolute Gasteiger partial charge is 0.123 e. The van der Waals surface area contributed by atoms with E-state index < -0.39 is 0 Å². The molecule has 0 spiro atoms. The van der Waals surface area contributed by atoms with E-state index in [0.29, 0.717) is 0 Å². The van der Waals surface area contributed by atoms with E-state index in [4.69, 9.17) is 0 Å². The number of rotatable bonds is 4. The van der Waals surface area contributed by atoms with Crippen LogP contribution in [0.25, 0.3) is 33.0 Å². The molecule has 26 heavy (non-hydrogen) atoms. The van der Waals surface area contributed by atoms with Crippen LogP contribution < -0.4 is 0 Å². The number of benzene rings is 4. The van der Waals surface area contributed by atoms with Gasteiger partial charge < -0.3 is 0 Å². The van der Waals surface area contributed by atoms with Crippen molar-refractivity contribution in [2.45, 2.75) is 19.8 Å². The average molecular weight is 340 g/mol. The van der Waals surface area contributed by atoms with E-state index in [9.17, 15) is 4.39 Å². The van der Waals surface area contributed by atoms with Crippen LogP contribution in [0.5, 0.6) is 0 Å². The first-order valence-electron chi connectivity index (χ1n) is 9.12. The molecule has 0 nitrogen and oxygen atoms in total. The molecule has 0 N–H and O–H groups in total. The molecule has 1 heteroatoms. The normalized spacial score (nSPS) is 11.0. The van der Waals surface area contributed by atoms with Crippen LogP contribution in [0.2, 0.25) is 0 Å². The summed E-state index contributed by atoms with van der Waals surface area (Å²) in [7, 11) is 0. The van der Waals surface area contributed by atoms with Crippen molar-refractivity contribution in [2.75, 3.05) is 0 Å². The van der Waals surface area contributed by atoms with Gasteiger partial charge in [-0.05, 0) is 63.2 Å². The van der Waals surface area contributed by atoms with Crippen LogP contribution in [-0.2, 0) is 6.42 Å². The molecule has 4 rings (SSSR count). The third-order valence-corrected chi connectivity index (χ3v) is 4.82. The zero-order valence-corrected chi connectivity index (χ0v) is 14.9. The first-order valence-corrected chi connectivity index (χ1v) is 9.12. The molecule has 0 unspecified atom stereocenters. The molecule has 0 aliphatic carbocycles. The highest BCUT2D eigenvalue weighted by atomic mass is 19.1. The van der Waals surface area contributed by atoms with Crippen LogP contribution in [0.4, 0.5) is 4.39 Å². The molecule has 4 aromatic carbocycles. The monoisotopic (exact) mass is 340 g/mol. The summed E-state index contributed by atoms with van der Waals surface area (Å²) >= 11 is 0. The number of halogens is 1. The highest BCUT2D eigenvalue weighted by Crippen LogP contribution is 2.28. The first kappa shape index (κ1) is 16.5. The minimum absolute atomic E-state index is 0.205. The second-order valence-corrected chi connectivity index (χ2v) is 6.73. The molecule has 0 radical (unpaired) electrons. The van der Waals surface area contributed by atoms with Crippen molar-refractivity contribution in [2.24, 2.45) is 0 Å². The van der Waals surface area contributed by atoms with Crippen LogP contribution in [0.15, 0.2) is 84.9 Å². The Morgan fingerprint density at radius 2 is 1.23 bits per heavy atom. The van der Waals surface area contributed by atoms with Gasteiger partial charge in [-0.2, -0.15) is 0 Å². The zero-order valence-electron chi connectivity index (χ0n) is 14.9. The van der Waals surface area contributed by atoms with Gasteiger partial charge in [-0.15, -0.1) is 0 Å². The lowest BCUT2D eigenvalue weighted by Gasteiger charge is -2.08. The van der Waals surface area contributed by atoms with Crippen LogP contribution in [0, 0.1) is 5.82 Å². The maximum Gasteiger partial charge on any atom is 0.123 e. The van der Waals surface area contributed by atoms with Crippen molar-refractivity contribution in [3.63, 3.8) is 0 Å². The molecule has 0 aromatic heterocycles. The Bertz CT molecular complexity index is 1050. The van der Waals surface area contributed by atoms with Crippen molar-refractivity contribution in [3.05, 3.63) is 96.3 Å². The summed E-state index contributed by atoms with van der Waals surface area (Å²) in [5, 5.41) is 2.55. The summed E-state index contributed by atoms with van der Waals surface area (Å²) in [5.74, 6) is -0.205. The van der Waals surface area contributed by atoms with E-state index in [1.54, 1.807) is 12.1 Å². The molecule has 0 saturated carbocycles. The third kappa shape index (κ3) is 3.39. The second kappa shape index (κ2) is 7.13. The average Bonchev–Trinajstić information content (AvgIpc) is 2.68. The highest BCUT2D eigenvalue weighted by Gasteiger charge is 2.03. The molecule has 0 aliphatic rings. The maximum absolute atomic E-state index is 13.4. The molecule has 0 saturated heterocycles. The van der Waals surface area contributed by atoms with Crippen molar-refractivity contribution in [1.29, 1.82) is 0 Å². The summed E-state index contributed by atoms with van der Waals surface area (Å²) in [4.78, 5) is 0. The van der Waals surface area contributed by atoms with Crippen molar-refractivity contribution < 1.29 is 4.39 Å². The van der Waals surface area contributed by atoms with Gasteiger partial charge in [0.05, 0.1) is 0 Å². The Hall–Kier alpha value is -2.93. The fraction of sp³-hybridized carbons (Fsp3) is 0.120. The topological polar surface area (TPSA) is 0 Å². The summed E-state index contributed by atoms with van der Waals surface area (Å²) < 4.78 is 13.4. The van der Waals surface area contributed by atoms with Gasteiger partial charge in [0.2, 0.25) is 0 Å². The van der Waals surface area contributed by atoms with Crippen molar-refractivity contribution in [1.82, 2.24) is 0 Å². The first-order chi connectivity index (χ1) is 12.7. The van der Waals surface area contributed by atoms with Gasteiger partial charge in [0.25, 0.3) is 0 Å². The van der Waals surface area contributed by atoms with Gasteiger partial charge >= 0.3 is 0 Å². The molecule has 128 valence electrons. The van der Waals surface area contributed by atoms with E-state index >= 15 is 0 Å². The van der Waals surface area contributed by atoms with E-state index in [2.05, 4.69) is 67.6 Å². The molecule has 4 aromatic rings. The Kier molecular flexibility index (Phi) is 4.53. The number of hydrogen-bond acceptors (Lipinski definition) is 0. The molecule has 0 atom stereocenters. The Balaban J connectivity index is 1.65. The molecule has 0 aliphatic heterocycles. The zero-order chi connectivity index (χ0) is 17.9. The Labute approximate surface area is 153 Å². The maximum atomic E-state index is 13.4. The fourth-order valence-electron chi connectivity index (χ4n) is 3.44. The summed E-state index contributed by atoms with van der Waals surface area (Å²) in [6, 6.07) is 28.4. The lowest BCUT2D eigenvalue weighted by Crippen LogP contribution is -1.85. The SMILES string of the molecule is CCCc1ccc2cc(-c3ccc(-c4cccc(F)c4)cc3)ccc2c1. The molecular weight excluding hydrogens is 319 g/mol. The third-order valence-electron chi connectivity index (χ3n) is 4.82. The fourth-order valence-corrected chi connectivity index (χ4v) is 3.44. The van der Waals surface area contributed by atoms with Gasteiger partial charge in [-0.1, -0.05) is 80.1 Å². The molecule has 0 bridgehead atoms. The Morgan fingerprint density at radius 3 is 1.92 bits per heavy atom. The molecular formula is C25H21F. The summed E-state index contributed by atoms with van der Waals surface area (Å²) in [5.41, 5.74) is 5.69. The molecule has 0 amide bonds. The van der Waals surface area contributed by atoms with Crippen LogP contribution in [0.3, 0.4) is 0 Å². The summed E-state index contributed by atoms with van der Waals surface area (Å²) in [6.45, 7) is 2.21. The van der Waals surface area contributed by atoms with Crippen molar-refractivity contribution >= 4 is 10.8 Å². The standard InChI is InChI=1S/C25H21F/c1-2-4-18-7-8-24-16-23(14-13-22(24)15-18)20-11-9-19(10-12-20)21-5-3-6-25(26)17-21/h3,5-17H,2,4H2,1H3. The number of fused-ring (bicyclic) bond motifs is 1. The van der Waals surface area contributed by atoms with Gasteiger partial charge in [0.15, 0.2) is 0 Å². The van der Waals surface area contributed by atoms with Crippen molar-refractivity contribution in [3.8, 4) is 22.3 Å². The highest BCUT2D eigenvalue weighted by molar-refractivity contribution is 5.88. The van der Waals surface area contributed by atoms with Gasteiger partial charge in [0, 0.05) is 0 Å². The quantitative estimate of drug-likeness (QED) is 0.366. The minimum Gasteiger partial charge on any atom is -0.207 e.